The minimum absolute atomic E-state index is 0.249. The third-order valence-electron chi connectivity index (χ3n) is 5.21. The second kappa shape index (κ2) is 7.77. The Balaban J connectivity index is 1.42. The summed E-state index contributed by atoms with van der Waals surface area (Å²) in [6.07, 6.45) is 6.92. The van der Waals surface area contributed by atoms with E-state index in [1.165, 1.54) is 0 Å². The Morgan fingerprint density at radius 2 is 2.06 bits per heavy atom. The van der Waals surface area contributed by atoms with Crippen molar-refractivity contribution in [2.24, 2.45) is 0 Å². The standard InChI is InChI=1S/C23H20N6O3/c1-13-8-17(15(3)31-13)19-9-18(21-14(2)28-32-23(21)27-19)22(30)26-11-16-4-5-20(25-10-16)29-7-6-24-12-29/h4-10,12H,11H2,1-3H3,(H,26,30). The van der Waals surface area contributed by atoms with Gasteiger partial charge in [-0.15, -0.1) is 0 Å². The van der Waals surface area contributed by atoms with Crippen LogP contribution in [0.15, 0.2) is 58.1 Å². The fraction of sp³-hybridized carbons (Fsp3) is 0.174. The van der Waals surface area contributed by atoms with E-state index >= 15 is 0 Å². The summed E-state index contributed by atoms with van der Waals surface area (Å²) in [5.74, 6) is 2.00. The SMILES string of the molecule is Cc1cc(-c2cc(C(=O)NCc3ccc(-n4ccnc4)nc3)c3c(C)noc3n2)c(C)o1. The second-order valence-electron chi connectivity index (χ2n) is 7.51. The highest BCUT2D eigenvalue weighted by Crippen LogP contribution is 2.30. The molecule has 0 radical (unpaired) electrons. The number of nitrogens with zero attached hydrogens (tertiary/aromatic N) is 5. The molecule has 0 aliphatic rings. The zero-order chi connectivity index (χ0) is 22.2. The molecule has 32 heavy (non-hydrogen) atoms. The number of aryl methyl sites for hydroxylation is 3. The molecule has 0 fully saturated rings. The van der Waals surface area contributed by atoms with Gasteiger partial charge >= 0.3 is 0 Å². The van der Waals surface area contributed by atoms with Crippen LogP contribution in [0.1, 0.15) is 33.1 Å². The third-order valence-corrected chi connectivity index (χ3v) is 5.21. The first-order valence-corrected chi connectivity index (χ1v) is 10.1. The lowest BCUT2D eigenvalue weighted by Gasteiger charge is -2.09. The Labute approximate surface area is 183 Å². The summed E-state index contributed by atoms with van der Waals surface area (Å²) in [6, 6.07) is 7.43. The molecule has 5 rings (SSSR count). The summed E-state index contributed by atoms with van der Waals surface area (Å²) in [5.41, 5.74) is 3.65. The zero-order valence-corrected chi connectivity index (χ0v) is 17.8. The molecule has 0 saturated carbocycles. The van der Waals surface area contributed by atoms with Crippen LogP contribution in [0.5, 0.6) is 0 Å². The average Bonchev–Trinajstić information content (AvgIpc) is 3.53. The topological polar surface area (TPSA) is 112 Å². The van der Waals surface area contributed by atoms with Gasteiger partial charge in [0.15, 0.2) is 0 Å². The highest BCUT2D eigenvalue weighted by Gasteiger charge is 2.21. The molecule has 1 N–H and O–H groups in total. The smallest absolute Gasteiger partial charge is 0.259 e. The number of amides is 1. The van der Waals surface area contributed by atoms with Crippen LogP contribution >= 0.6 is 0 Å². The maximum Gasteiger partial charge on any atom is 0.259 e. The summed E-state index contributed by atoms with van der Waals surface area (Å²) < 4.78 is 12.8. The van der Waals surface area contributed by atoms with Crippen LogP contribution in [0.4, 0.5) is 0 Å². The van der Waals surface area contributed by atoms with E-state index < -0.39 is 0 Å². The molecule has 0 unspecified atom stereocenters. The van der Waals surface area contributed by atoms with Gasteiger partial charge in [-0.25, -0.2) is 15.0 Å². The van der Waals surface area contributed by atoms with Gasteiger partial charge in [0, 0.05) is 30.7 Å². The van der Waals surface area contributed by atoms with Crippen LogP contribution in [-0.4, -0.2) is 30.6 Å². The average molecular weight is 428 g/mol. The van der Waals surface area contributed by atoms with E-state index in [1.807, 2.05) is 42.8 Å². The summed E-state index contributed by atoms with van der Waals surface area (Å²) in [6.45, 7) is 5.84. The molecule has 0 aliphatic carbocycles. The van der Waals surface area contributed by atoms with Gasteiger partial charge in [-0.3, -0.25) is 9.36 Å². The number of hydrogen-bond donors (Lipinski definition) is 1. The van der Waals surface area contributed by atoms with Crippen LogP contribution in [0.2, 0.25) is 0 Å². The van der Waals surface area contributed by atoms with Crippen molar-refractivity contribution in [2.45, 2.75) is 27.3 Å². The third kappa shape index (κ3) is 3.53. The summed E-state index contributed by atoms with van der Waals surface area (Å²) in [7, 11) is 0. The van der Waals surface area contributed by atoms with E-state index in [4.69, 9.17) is 8.94 Å². The van der Waals surface area contributed by atoms with Gasteiger partial charge in [-0.05, 0) is 44.5 Å². The highest BCUT2D eigenvalue weighted by atomic mass is 16.5. The number of fused-ring (bicyclic) bond motifs is 1. The normalized spacial score (nSPS) is 11.2. The first kappa shape index (κ1) is 19.7. The van der Waals surface area contributed by atoms with Crippen molar-refractivity contribution in [3.05, 3.63) is 77.5 Å². The van der Waals surface area contributed by atoms with Crippen LogP contribution in [0.25, 0.3) is 28.2 Å². The van der Waals surface area contributed by atoms with E-state index in [1.54, 1.807) is 31.7 Å². The molecule has 9 heteroatoms. The fourth-order valence-electron chi connectivity index (χ4n) is 3.64. The Kier molecular flexibility index (Phi) is 4.78. The maximum atomic E-state index is 13.1. The monoisotopic (exact) mass is 428 g/mol. The number of furan rings is 1. The Hall–Kier alpha value is -4.27. The molecule has 0 aromatic carbocycles. The Morgan fingerprint density at radius 1 is 1.19 bits per heavy atom. The molecule has 0 spiro atoms. The van der Waals surface area contributed by atoms with Gasteiger partial charge in [0.1, 0.15) is 23.7 Å². The largest absolute Gasteiger partial charge is 0.466 e. The van der Waals surface area contributed by atoms with Gasteiger partial charge in [0.2, 0.25) is 0 Å². The number of pyridine rings is 2. The van der Waals surface area contributed by atoms with Gasteiger partial charge in [-0.1, -0.05) is 11.2 Å². The van der Waals surface area contributed by atoms with Crippen molar-refractivity contribution in [1.29, 1.82) is 0 Å². The quantitative estimate of drug-likeness (QED) is 0.451. The lowest BCUT2D eigenvalue weighted by atomic mass is 10.1. The molecule has 1 amide bonds. The van der Waals surface area contributed by atoms with Crippen LogP contribution in [-0.2, 0) is 6.54 Å². The Bertz CT molecular complexity index is 1410. The number of carbonyl (C=O) groups excluding carboxylic acids is 1. The number of hydrogen-bond acceptors (Lipinski definition) is 7. The van der Waals surface area contributed by atoms with Crippen LogP contribution in [0.3, 0.4) is 0 Å². The maximum absolute atomic E-state index is 13.1. The number of nitrogens with one attached hydrogen (secondary N) is 1. The van der Waals surface area contributed by atoms with Crippen molar-refractivity contribution >= 4 is 17.0 Å². The van der Waals surface area contributed by atoms with E-state index in [9.17, 15) is 4.79 Å². The lowest BCUT2D eigenvalue weighted by Crippen LogP contribution is -2.23. The molecular weight excluding hydrogens is 408 g/mol. The van der Waals surface area contributed by atoms with Crippen LogP contribution < -0.4 is 5.32 Å². The molecule has 9 nitrogen and oxygen atoms in total. The predicted molar refractivity (Wildman–Crippen MR) is 116 cm³/mol. The zero-order valence-electron chi connectivity index (χ0n) is 17.8. The lowest BCUT2D eigenvalue weighted by molar-refractivity contribution is 0.0952. The van der Waals surface area contributed by atoms with Gasteiger partial charge in [0.05, 0.1) is 22.3 Å². The summed E-state index contributed by atoms with van der Waals surface area (Å²) in [4.78, 5) is 26.1. The van der Waals surface area contributed by atoms with Gasteiger partial charge in [0.25, 0.3) is 11.6 Å². The van der Waals surface area contributed by atoms with Crippen LogP contribution in [0, 0.1) is 20.8 Å². The van der Waals surface area contributed by atoms with Gasteiger partial charge in [-0.2, -0.15) is 0 Å². The summed E-state index contributed by atoms with van der Waals surface area (Å²) >= 11 is 0. The number of aromatic nitrogens is 5. The molecule has 0 bridgehead atoms. The highest BCUT2D eigenvalue weighted by molar-refractivity contribution is 6.07. The number of carbonyl (C=O) groups is 1. The molecule has 0 aliphatic heterocycles. The number of imidazole rings is 1. The van der Waals surface area contributed by atoms with Crippen molar-refractivity contribution in [3.8, 4) is 17.1 Å². The number of rotatable bonds is 5. The van der Waals surface area contributed by atoms with Crippen molar-refractivity contribution < 1.29 is 13.7 Å². The van der Waals surface area contributed by atoms with E-state index in [0.717, 1.165) is 28.5 Å². The molecule has 0 atom stereocenters. The minimum atomic E-state index is -0.249. The molecule has 160 valence electrons. The van der Waals surface area contributed by atoms with E-state index in [-0.39, 0.29) is 5.91 Å². The van der Waals surface area contributed by atoms with Gasteiger partial charge < -0.3 is 14.3 Å². The molecule has 0 saturated heterocycles. The molecular formula is C23H20N6O3. The van der Waals surface area contributed by atoms with E-state index in [0.29, 0.717) is 34.6 Å². The fourth-order valence-corrected chi connectivity index (χ4v) is 3.64. The molecule has 5 aromatic heterocycles. The van der Waals surface area contributed by atoms with Crippen molar-refractivity contribution in [2.75, 3.05) is 0 Å². The Morgan fingerprint density at radius 3 is 2.75 bits per heavy atom. The summed E-state index contributed by atoms with van der Waals surface area (Å²) in [5, 5.41) is 7.55. The van der Waals surface area contributed by atoms with E-state index in [2.05, 4.69) is 25.4 Å². The first-order chi connectivity index (χ1) is 15.5. The molecule has 5 heterocycles. The second-order valence-corrected chi connectivity index (χ2v) is 7.51. The van der Waals surface area contributed by atoms with Crippen molar-refractivity contribution in [3.63, 3.8) is 0 Å². The first-order valence-electron chi connectivity index (χ1n) is 10.1. The predicted octanol–water partition coefficient (Wildman–Crippen LogP) is 3.92. The molecule has 5 aromatic rings. The minimum Gasteiger partial charge on any atom is -0.466 e. The van der Waals surface area contributed by atoms with Crippen molar-refractivity contribution in [1.82, 2.24) is 30.0 Å².